The molecule has 0 N–H and O–H groups in total. The molecule has 0 unspecified atom stereocenters. The molecule has 5 nitrogen and oxygen atoms in total. The zero-order valence-corrected chi connectivity index (χ0v) is 15.6. The minimum Gasteiger partial charge on any atom is -0.423 e. The lowest BCUT2D eigenvalue weighted by Crippen LogP contribution is -2.32. The molecule has 3 fully saturated rings. The second-order valence-electron chi connectivity index (χ2n) is 8.10. The maximum Gasteiger partial charge on any atom is 0.343 e. The van der Waals surface area contributed by atoms with E-state index >= 15 is 0 Å². The van der Waals surface area contributed by atoms with Crippen LogP contribution in [0.15, 0.2) is 48.5 Å². The van der Waals surface area contributed by atoms with Gasteiger partial charge in [-0.05, 0) is 73.9 Å². The van der Waals surface area contributed by atoms with Gasteiger partial charge < -0.3 is 4.74 Å². The largest absolute Gasteiger partial charge is 0.423 e. The highest BCUT2D eigenvalue weighted by Crippen LogP contribution is 2.56. The summed E-state index contributed by atoms with van der Waals surface area (Å²) >= 11 is 0. The van der Waals surface area contributed by atoms with Crippen LogP contribution in [0.5, 0.6) is 5.75 Å². The number of ether oxygens (including phenoxy) is 1. The van der Waals surface area contributed by atoms with Gasteiger partial charge in [0.25, 0.3) is 0 Å². The Morgan fingerprint density at radius 3 is 2.14 bits per heavy atom. The summed E-state index contributed by atoms with van der Waals surface area (Å²) in [5, 5.41) is 0. The summed E-state index contributed by atoms with van der Waals surface area (Å²) < 4.78 is 5.44. The average Bonchev–Trinajstić information content (AvgIpc) is 3.37. The molecule has 4 atom stereocenters. The van der Waals surface area contributed by atoms with Crippen molar-refractivity contribution in [1.29, 1.82) is 0 Å². The summed E-state index contributed by atoms with van der Waals surface area (Å²) in [5.41, 5.74) is 1.91. The first kappa shape index (κ1) is 17.2. The van der Waals surface area contributed by atoms with Gasteiger partial charge in [-0.25, -0.2) is 4.79 Å². The maximum atomic E-state index is 12.9. The van der Waals surface area contributed by atoms with Gasteiger partial charge >= 0.3 is 5.97 Å². The number of carbonyl (C=O) groups excluding carboxylic acids is 3. The van der Waals surface area contributed by atoms with E-state index in [1.807, 2.05) is 19.1 Å². The van der Waals surface area contributed by atoms with Gasteiger partial charge in [0.2, 0.25) is 11.8 Å². The lowest BCUT2D eigenvalue weighted by molar-refractivity contribution is -0.123. The summed E-state index contributed by atoms with van der Waals surface area (Å²) in [6.45, 7) is 1.86. The normalized spacial score (nSPS) is 28.0. The van der Waals surface area contributed by atoms with E-state index in [2.05, 4.69) is 0 Å². The number of hydrogen-bond donors (Lipinski definition) is 0. The number of hydrogen-bond acceptors (Lipinski definition) is 4. The Morgan fingerprint density at radius 1 is 0.929 bits per heavy atom. The summed E-state index contributed by atoms with van der Waals surface area (Å²) in [7, 11) is 0. The maximum absolute atomic E-state index is 12.9. The molecule has 3 aliphatic rings. The van der Waals surface area contributed by atoms with E-state index in [1.54, 1.807) is 36.4 Å². The number of imide groups is 1. The van der Waals surface area contributed by atoms with E-state index in [1.165, 1.54) is 4.90 Å². The molecule has 2 bridgehead atoms. The van der Waals surface area contributed by atoms with E-state index in [0.717, 1.165) is 24.8 Å². The molecule has 0 aromatic heterocycles. The van der Waals surface area contributed by atoms with Crippen LogP contribution >= 0.6 is 0 Å². The minimum atomic E-state index is -0.426. The molecule has 1 aliphatic heterocycles. The molecule has 5 heteroatoms. The summed E-state index contributed by atoms with van der Waals surface area (Å²) in [5.74, 6) is 0.298. The number of carbonyl (C=O) groups is 3. The van der Waals surface area contributed by atoms with E-state index in [9.17, 15) is 14.4 Å². The highest BCUT2D eigenvalue weighted by molar-refractivity contribution is 6.22. The predicted molar refractivity (Wildman–Crippen MR) is 103 cm³/mol. The van der Waals surface area contributed by atoms with Gasteiger partial charge in [-0.2, -0.15) is 0 Å². The second kappa shape index (κ2) is 6.30. The van der Waals surface area contributed by atoms with Crippen molar-refractivity contribution in [3.8, 4) is 5.75 Å². The van der Waals surface area contributed by atoms with Crippen LogP contribution in [0.2, 0.25) is 0 Å². The van der Waals surface area contributed by atoms with E-state index in [0.29, 0.717) is 28.8 Å². The highest BCUT2D eigenvalue weighted by Gasteiger charge is 2.61. The first-order valence-electron chi connectivity index (χ1n) is 9.80. The first-order valence-corrected chi connectivity index (χ1v) is 9.80. The fourth-order valence-electron chi connectivity index (χ4n) is 5.29. The molecule has 2 aromatic rings. The van der Waals surface area contributed by atoms with Crippen molar-refractivity contribution < 1.29 is 19.1 Å². The number of aryl methyl sites for hydroxylation is 1. The Kier molecular flexibility index (Phi) is 3.86. The zero-order valence-electron chi connectivity index (χ0n) is 15.6. The third-order valence-electron chi connectivity index (χ3n) is 6.60. The van der Waals surface area contributed by atoms with Crippen molar-refractivity contribution in [3.63, 3.8) is 0 Å². The molecule has 2 aliphatic carbocycles. The average molecular weight is 375 g/mol. The lowest BCUT2D eigenvalue weighted by Gasteiger charge is -2.19. The van der Waals surface area contributed by atoms with Crippen molar-refractivity contribution in [1.82, 2.24) is 0 Å². The fraction of sp³-hybridized carbons (Fsp3) is 0.348. The number of benzene rings is 2. The Balaban J connectivity index is 1.35. The number of amides is 2. The fourth-order valence-corrected chi connectivity index (χ4v) is 5.29. The van der Waals surface area contributed by atoms with Crippen molar-refractivity contribution >= 4 is 23.5 Å². The predicted octanol–water partition coefficient (Wildman–Crippen LogP) is 3.75. The van der Waals surface area contributed by atoms with Gasteiger partial charge in [-0.1, -0.05) is 18.2 Å². The SMILES string of the molecule is Cc1ccccc1C(=O)Oc1ccc(N2C(=O)[C@@H]3[C@H]4CC[C@H](C4)[C@@H]3C2=O)cc1. The van der Waals surface area contributed by atoms with Crippen LogP contribution in [-0.2, 0) is 9.59 Å². The van der Waals surface area contributed by atoms with E-state index < -0.39 is 5.97 Å². The first-order chi connectivity index (χ1) is 13.5. The van der Waals surface area contributed by atoms with Crippen molar-refractivity contribution in [3.05, 3.63) is 59.7 Å². The van der Waals surface area contributed by atoms with Gasteiger partial charge in [0, 0.05) is 0 Å². The molecule has 5 rings (SSSR count). The van der Waals surface area contributed by atoms with Crippen LogP contribution in [0.3, 0.4) is 0 Å². The molecular weight excluding hydrogens is 354 g/mol. The Bertz CT molecular complexity index is 952. The van der Waals surface area contributed by atoms with Crippen molar-refractivity contribution in [2.24, 2.45) is 23.7 Å². The lowest BCUT2D eigenvalue weighted by atomic mass is 9.81. The molecule has 2 aromatic carbocycles. The monoisotopic (exact) mass is 375 g/mol. The molecule has 28 heavy (non-hydrogen) atoms. The summed E-state index contributed by atoms with van der Waals surface area (Å²) in [6.07, 6.45) is 3.15. The molecule has 2 saturated carbocycles. The van der Waals surface area contributed by atoms with Crippen LogP contribution in [0.25, 0.3) is 0 Å². The topological polar surface area (TPSA) is 63.7 Å². The number of rotatable bonds is 3. The van der Waals surface area contributed by atoms with Crippen LogP contribution in [0.1, 0.15) is 35.2 Å². The highest BCUT2D eigenvalue weighted by atomic mass is 16.5. The molecular formula is C23H21NO4. The third-order valence-corrected chi connectivity index (χ3v) is 6.60. The minimum absolute atomic E-state index is 0.0631. The van der Waals surface area contributed by atoms with Gasteiger partial charge in [-0.15, -0.1) is 0 Å². The number of nitrogens with zero attached hydrogens (tertiary/aromatic N) is 1. The van der Waals surface area contributed by atoms with Crippen LogP contribution < -0.4 is 9.64 Å². The smallest absolute Gasteiger partial charge is 0.343 e. The van der Waals surface area contributed by atoms with Gasteiger partial charge in [0.1, 0.15) is 5.75 Å². The summed E-state index contributed by atoms with van der Waals surface area (Å²) in [6, 6.07) is 13.9. The molecule has 1 heterocycles. The Labute approximate surface area is 163 Å². The molecule has 0 spiro atoms. The van der Waals surface area contributed by atoms with Gasteiger partial charge in [0.05, 0.1) is 23.1 Å². The molecule has 0 radical (unpaired) electrons. The van der Waals surface area contributed by atoms with Crippen LogP contribution in [-0.4, -0.2) is 17.8 Å². The van der Waals surface area contributed by atoms with Gasteiger partial charge in [0.15, 0.2) is 0 Å². The molecule has 2 amide bonds. The Morgan fingerprint density at radius 2 is 1.54 bits per heavy atom. The number of esters is 1. The van der Waals surface area contributed by atoms with E-state index in [4.69, 9.17) is 4.74 Å². The van der Waals surface area contributed by atoms with Crippen LogP contribution in [0.4, 0.5) is 5.69 Å². The van der Waals surface area contributed by atoms with E-state index in [-0.39, 0.29) is 23.7 Å². The van der Waals surface area contributed by atoms with Crippen LogP contribution in [0, 0.1) is 30.6 Å². The third kappa shape index (κ3) is 2.49. The quantitative estimate of drug-likeness (QED) is 0.466. The van der Waals surface area contributed by atoms with Crippen molar-refractivity contribution in [2.75, 3.05) is 4.90 Å². The number of anilines is 1. The summed E-state index contributed by atoms with van der Waals surface area (Å²) in [4.78, 5) is 39.5. The second-order valence-corrected chi connectivity index (χ2v) is 8.10. The zero-order chi connectivity index (χ0) is 19.4. The van der Waals surface area contributed by atoms with Crippen molar-refractivity contribution in [2.45, 2.75) is 26.2 Å². The van der Waals surface area contributed by atoms with Gasteiger partial charge in [-0.3, -0.25) is 14.5 Å². The molecule has 1 saturated heterocycles. The number of fused-ring (bicyclic) bond motifs is 5. The Hall–Kier alpha value is -2.95. The molecule has 142 valence electrons. The standard InChI is InChI=1S/C23H21NO4/c1-13-4-2-3-5-18(13)23(27)28-17-10-8-16(9-11-17)24-21(25)19-14-6-7-15(12-14)20(19)22(24)26/h2-5,8-11,14-15,19-20H,6-7,12H2,1H3/t14-,15+,19+,20-.